The summed E-state index contributed by atoms with van der Waals surface area (Å²) in [5.41, 5.74) is 11.2. The number of ether oxygens (including phenoxy) is 3. The van der Waals surface area contributed by atoms with Gasteiger partial charge in [-0.1, -0.05) is 52.9 Å². The van der Waals surface area contributed by atoms with Gasteiger partial charge in [0.2, 0.25) is 5.95 Å². The Hall–Kier alpha value is -3.06. The number of carbonyl (C=O) groups excluding carboxylic acids is 2. The molecule has 0 amide bonds. The van der Waals surface area contributed by atoms with E-state index < -0.39 is 48.1 Å². The molecule has 3 rings (SSSR count). The zero-order valence-corrected chi connectivity index (χ0v) is 22.2. The largest absolute Gasteiger partial charge is 0.460 e. The highest BCUT2D eigenvalue weighted by Crippen LogP contribution is 2.32. The molecule has 3 heterocycles. The van der Waals surface area contributed by atoms with Crippen molar-refractivity contribution in [3.8, 4) is 0 Å². The van der Waals surface area contributed by atoms with Crippen LogP contribution in [0.2, 0.25) is 0 Å². The number of H-pyrrole nitrogens is 1. The second kappa shape index (κ2) is 13.7. The number of aromatic nitrogens is 4. The Morgan fingerprint density at radius 1 is 1.24 bits per heavy atom. The minimum Gasteiger partial charge on any atom is -0.460 e. The molecular formula is C25H39FN6O6. The van der Waals surface area contributed by atoms with E-state index in [0.717, 1.165) is 32.1 Å². The maximum absolute atomic E-state index is 14.8. The quantitative estimate of drug-likeness (QED) is 0.239. The summed E-state index contributed by atoms with van der Waals surface area (Å²) in [4.78, 5) is 47.8. The topological polar surface area (TPSA) is 177 Å². The zero-order valence-electron chi connectivity index (χ0n) is 22.2. The second-order valence-electron chi connectivity index (χ2n) is 10.0. The Bertz CT molecular complexity index is 1140. The van der Waals surface area contributed by atoms with E-state index in [2.05, 4.69) is 21.9 Å². The number of aromatic amines is 1. The normalized spacial score (nSPS) is 21.1. The number of unbranched alkanes of at least 4 members (excludes halogenated alkanes) is 5. The Kier molecular flexibility index (Phi) is 10.6. The third-order valence-corrected chi connectivity index (χ3v) is 6.64. The highest BCUT2D eigenvalue weighted by molar-refractivity contribution is 5.82. The van der Waals surface area contributed by atoms with E-state index in [1.807, 2.05) is 0 Å². The van der Waals surface area contributed by atoms with Crippen molar-refractivity contribution in [1.29, 1.82) is 0 Å². The van der Waals surface area contributed by atoms with Gasteiger partial charge < -0.3 is 25.7 Å². The number of halogens is 1. The van der Waals surface area contributed by atoms with Gasteiger partial charge in [0.15, 0.2) is 17.3 Å². The summed E-state index contributed by atoms with van der Waals surface area (Å²) in [6, 6.07) is -0.871. The standard InChI is InChI=1S/C25H39FN6O6/c1-4-5-6-7-8-9-10-16(38-24(35)19(27)14(2)3)23(34)36-12-17-15(26)11-18(37-17)32-13-29-20-21(32)30-25(28)31-22(20)33/h13-19H,4-12,27H2,1-3H3,(H3,28,30,31,33)/t15?,16?,17-,18-,19+/m1/s1. The molecule has 12 nitrogen and oxygen atoms in total. The van der Waals surface area contributed by atoms with Gasteiger partial charge in [0.05, 0.1) is 6.33 Å². The molecule has 0 aromatic carbocycles. The Morgan fingerprint density at radius 2 is 1.95 bits per heavy atom. The third kappa shape index (κ3) is 7.50. The predicted molar refractivity (Wildman–Crippen MR) is 138 cm³/mol. The molecule has 0 saturated carbocycles. The predicted octanol–water partition coefficient (Wildman–Crippen LogP) is 2.52. The average molecular weight is 539 g/mol. The van der Waals surface area contributed by atoms with E-state index in [9.17, 15) is 18.8 Å². The van der Waals surface area contributed by atoms with Crippen molar-refractivity contribution < 1.29 is 28.2 Å². The Labute approximate surface area is 220 Å². The van der Waals surface area contributed by atoms with E-state index in [-0.39, 0.29) is 42.5 Å². The van der Waals surface area contributed by atoms with Gasteiger partial charge in [-0.25, -0.2) is 14.2 Å². The number of rotatable bonds is 14. The van der Waals surface area contributed by atoms with Gasteiger partial charge in [0, 0.05) is 6.42 Å². The van der Waals surface area contributed by atoms with Crippen LogP contribution in [-0.2, 0) is 23.8 Å². The summed E-state index contributed by atoms with van der Waals surface area (Å²) in [6.07, 6.45) is 3.01. The van der Waals surface area contributed by atoms with Crippen molar-refractivity contribution in [1.82, 2.24) is 19.5 Å². The molecule has 212 valence electrons. The summed E-state index contributed by atoms with van der Waals surface area (Å²) in [7, 11) is 0. The van der Waals surface area contributed by atoms with Crippen LogP contribution >= 0.6 is 0 Å². The van der Waals surface area contributed by atoms with E-state index in [4.69, 9.17) is 25.7 Å². The molecule has 2 unspecified atom stereocenters. The lowest BCUT2D eigenvalue weighted by molar-refractivity contribution is -0.172. The highest BCUT2D eigenvalue weighted by atomic mass is 19.1. The monoisotopic (exact) mass is 538 g/mol. The van der Waals surface area contributed by atoms with Crippen LogP contribution in [0.3, 0.4) is 0 Å². The molecule has 1 fully saturated rings. The van der Waals surface area contributed by atoms with Crippen molar-refractivity contribution in [2.75, 3.05) is 12.3 Å². The van der Waals surface area contributed by atoms with Crippen molar-refractivity contribution in [2.45, 2.75) is 103 Å². The van der Waals surface area contributed by atoms with Gasteiger partial charge in [-0.2, -0.15) is 4.98 Å². The summed E-state index contributed by atoms with van der Waals surface area (Å²) < 4.78 is 32.8. The van der Waals surface area contributed by atoms with Crippen molar-refractivity contribution in [2.24, 2.45) is 11.7 Å². The lowest BCUT2D eigenvalue weighted by atomic mass is 10.1. The molecule has 0 radical (unpaired) electrons. The number of hydrogen-bond donors (Lipinski definition) is 3. The van der Waals surface area contributed by atoms with Crippen LogP contribution in [0.1, 0.15) is 78.4 Å². The first-order valence-corrected chi connectivity index (χ1v) is 13.3. The van der Waals surface area contributed by atoms with Crippen LogP contribution in [0, 0.1) is 5.92 Å². The summed E-state index contributed by atoms with van der Waals surface area (Å²) >= 11 is 0. The minimum atomic E-state index is -1.46. The second-order valence-corrected chi connectivity index (χ2v) is 10.0. The van der Waals surface area contributed by atoms with Gasteiger partial charge in [-0.15, -0.1) is 0 Å². The van der Waals surface area contributed by atoms with E-state index in [0.29, 0.717) is 6.42 Å². The smallest absolute Gasteiger partial charge is 0.347 e. The molecule has 1 aliphatic rings. The fraction of sp³-hybridized carbons (Fsp3) is 0.720. The first-order valence-electron chi connectivity index (χ1n) is 13.3. The molecule has 38 heavy (non-hydrogen) atoms. The molecule has 5 atom stereocenters. The lowest BCUT2D eigenvalue weighted by Gasteiger charge is -2.22. The number of hydrogen-bond acceptors (Lipinski definition) is 10. The summed E-state index contributed by atoms with van der Waals surface area (Å²) in [5, 5.41) is 0. The SMILES string of the molecule is CCCCCCCCC(OC(=O)[C@@H](N)C(C)C)C(=O)OC[C@H]1O[C@@H](n2cnc3c(=O)[nH]c(N)nc32)CC1F. The number of nitrogens with one attached hydrogen (secondary N) is 1. The molecule has 0 spiro atoms. The maximum atomic E-state index is 14.8. The third-order valence-electron chi connectivity index (χ3n) is 6.64. The number of imidazole rings is 1. The molecule has 2 aromatic heterocycles. The molecule has 0 aliphatic carbocycles. The Balaban J connectivity index is 1.60. The lowest BCUT2D eigenvalue weighted by Crippen LogP contribution is -2.41. The number of esters is 2. The van der Waals surface area contributed by atoms with Crippen molar-refractivity contribution in [3.05, 3.63) is 16.7 Å². The van der Waals surface area contributed by atoms with Crippen LogP contribution in [0.15, 0.2) is 11.1 Å². The molecular weight excluding hydrogens is 499 g/mol. The van der Waals surface area contributed by atoms with Crippen LogP contribution in [0.4, 0.5) is 10.3 Å². The fourth-order valence-electron chi connectivity index (χ4n) is 4.25. The summed E-state index contributed by atoms with van der Waals surface area (Å²) in [6.45, 7) is 5.32. The molecule has 5 N–H and O–H groups in total. The number of anilines is 1. The minimum absolute atomic E-state index is 0.0482. The van der Waals surface area contributed by atoms with Crippen LogP contribution in [0.5, 0.6) is 0 Å². The first kappa shape index (κ1) is 29.5. The van der Waals surface area contributed by atoms with Crippen molar-refractivity contribution in [3.63, 3.8) is 0 Å². The zero-order chi connectivity index (χ0) is 27.8. The van der Waals surface area contributed by atoms with Gasteiger partial charge in [0.25, 0.3) is 5.56 Å². The van der Waals surface area contributed by atoms with Crippen molar-refractivity contribution >= 4 is 29.1 Å². The first-order chi connectivity index (χ1) is 18.1. The molecule has 1 saturated heterocycles. The summed E-state index contributed by atoms with van der Waals surface area (Å²) in [5.74, 6) is -1.71. The number of nitrogens with zero attached hydrogens (tertiary/aromatic N) is 3. The van der Waals surface area contributed by atoms with Crippen LogP contribution in [-0.4, -0.2) is 62.5 Å². The number of fused-ring (bicyclic) bond motifs is 1. The number of carbonyl (C=O) groups is 2. The number of nitrogen functional groups attached to an aromatic ring is 1. The van der Waals surface area contributed by atoms with E-state index >= 15 is 0 Å². The average Bonchev–Trinajstić information content (AvgIpc) is 3.46. The van der Waals surface area contributed by atoms with E-state index in [1.165, 1.54) is 10.9 Å². The molecule has 2 aromatic rings. The number of nitrogens with two attached hydrogens (primary N) is 2. The van der Waals surface area contributed by atoms with Gasteiger partial charge >= 0.3 is 11.9 Å². The Morgan fingerprint density at radius 3 is 2.66 bits per heavy atom. The van der Waals surface area contributed by atoms with Crippen LogP contribution < -0.4 is 17.0 Å². The molecule has 1 aliphatic heterocycles. The van der Waals surface area contributed by atoms with E-state index in [1.54, 1.807) is 13.8 Å². The maximum Gasteiger partial charge on any atom is 0.347 e. The van der Waals surface area contributed by atoms with Gasteiger partial charge in [-0.05, 0) is 18.8 Å². The molecule has 0 bridgehead atoms. The van der Waals surface area contributed by atoms with Crippen LogP contribution in [0.25, 0.3) is 11.2 Å². The fourth-order valence-corrected chi connectivity index (χ4v) is 4.25. The highest BCUT2D eigenvalue weighted by Gasteiger charge is 2.39. The van der Waals surface area contributed by atoms with Gasteiger partial charge in [0.1, 0.15) is 31.2 Å². The van der Waals surface area contributed by atoms with Gasteiger partial charge in [-0.3, -0.25) is 19.1 Å². The molecule has 13 heteroatoms. The number of alkyl halides is 1.